The molecule has 1 aliphatic heterocycles. The molecule has 1 saturated heterocycles. The Kier molecular flexibility index (Phi) is 16.9. The third-order valence-electron chi connectivity index (χ3n) is 5.11. The average Bonchev–Trinajstić information content (AvgIpc) is 2.79. The Morgan fingerprint density at radius 1 is 0.917 bits per heavy atom. The first-order chi connectivity index (χ1) is 16.8. The van der Waals surface area contributed by atoms with Crippen molar-refractivity contribution in [2.75, 3.05) is 33.8 Å². The van der Waals surface area contributed by atoms with E-state index in [2.05, 4.69) is 23.9 Å². The van der Waals surface area contributed by atoms with Crippen molar-refractivity contribution >= 4 is 35.5 Å². The van der Waals surface area contributed by atoms with E-state index in [0.717, 1.165) is 36.4 Å². The zero-order valence-corrected chi connectivity index (χ0v) is 21.7. The summed E-state index contributed by atoms with van der Waals surface area (Å²) >= 11 is 6.12. The highest BCUT2D eigenvalue weighted by Crippen LogP contribution is 2.26. The van der Waals surface area contributed by atoms with Crippen LogP contribution in [0.25, 0.3) is 0 Å². The Morgan fingerprint density at radius 3 is 1.72 bits per heavy atom. The first-order valence-corrected chi connectivity index (χ1v) is 11.9. The number of carbonyl (C=O) groups is 4. The Bertz CT molecular complexity index is 785. The Morgan fingerprint density at radius 2 is 1.36 bits per heavy atom. The van der Waals surface area contributed by atoms with Crippen molar-refractivity contribution in [1.82, 2.24) is 9.80 Å². The maximum atomic E-state index is 9.64. The highest BCUT2D eigenvalue weighted by atomic mass is 35.5. The van der Waals surface area contributed by atoms with Crippen LogP contribution in [-0.4, -0.2) is 93.9 Å². The van der Waals surface area contributed by atoms with Gasteiger partial charge in [0, 0.05) is 23.2 Å². The molecule has 204 valence electrons. The molecule has 12 heteroatoms. The molecule has 0 saturated carbocycles. The molecule has 1 aliphatic rings. The van der Waals surface area contributed by atoms with Gasteiger partial charge in [0.1, 0.15) is 5.75 Å². The predicted octanol–water partition coefficient (Wildman–Crippen LogP) is 3.14. The Hall–Kier alpha value is -2.89. The molecule has 0 unspecified atom stereocenters. The summed E-state index contributed by atoms with van der Waals surface area (Å²) in [6.07, 6.45) is 1.28. The molecule has 2 rings (SSSR count). The number of halogens is 1. The van der Waals surface area contributed by atoms with Gasteiger partial charge < -0.3 is 30.1 Å². The summed E-state index contributed by atoms with van der Waals surface area (Å²) in [4.78, 5) is 43.4. The SMILES string of the molecule is CCOc1ccc(Cl)cc1CN1CCC(N(C)C)CC1.O=C(O)CCC(=O)O.O=C(O)CCC(=O)O. The second-order valence-electron chi connectivity index (χ2n) is 8.23. The molecule has 4 N–H and O–H groups in total. The minimum absolute atomic E-state index is 0.296. The van der Waals surface area contributed by atoms with E-state index in [1.807, 2.05) is 25.1 Å². The quantitative estimate of drug-likeness (QED) is 0.330. The van der Waals surface area contributed by atoms with E-state index in [9.17, 15) is 19.2 Å². The summed E-state index contributed by atoms with van der Waals surface area (Å²) in [5.41, 5.74) is 1.20. The molecule has 1 heterocycles. The van der Waals surface area contributed by atoms with E-state index in [4.69, 9.17) is 36.8 Å². The molecule has 1 aromatic rings. The van der Waals surface area contributed by atoms with Crippen LogP contribution < -0.4 is 4.74 Å². The van der Waals surface area contributed by atoms with Crippen LogP contribution in [-0.2, 0) is 25.7 Å². The minimum Gasteiger partial charge on any atom is -0.494 e. The number of carboxylic acids is 4. The fourth-order valence-electron chi connectivity index (χ4n) is 3.23. The lowest BCUT2D eigenvalue weighted by Gasteiger charge is -2.35. The van der Waals surface area contributed by atoms with Crippen LogP contribution in [0.5, 0.6) is 5.75 Å². The molecule has 0 bridgehead atoms. The van der Waals surface area contributed by atoms with Gasteiger partial charge in [0.25, 0.3) is 0 Å². The second kappa shape index (κ2) is 18.4. The Balaban J connectivity index is 0.000000634. The lowest BCUT2D eigenvalue weighted by atomic mass is 10.0. The zero-order chi connectivity index (χ0) is 27.7. The molecule has 36 heavy (non-hydrogen) atoms. The molecule has 11 nitrogen and oxygen atoms in total. The van der Waals surface area contributed by atoms with Gasteiger partial charge in [-0.25, -0.2) is 0 Å². The van der Waals surface area contributed by atoms with Gasteiger partial charge in [0.05, 0.1) is 32.3 Å². The van der Waals surface area contributed by atoms with Gasteiger partial charge in [-0.05, 0) is 65.1 Å². The number of piperidine rings is 1. The van der Waals surface area contributed by atoms with E-state index in [1.54, 1.807) is 0 Å². The maximum absolute atomic E-state index is 9.64. The van der Waals surface area contributed by atoms with Crippen molar-refractivity contribution in [3.63, 3.8) is 0 Å². The summed E-state index contributed by atoms with van der Waals surface area (Å²) in [6.45, 7) is 5.91. The summed E-state index contributed by atoms with van der Waals surface area (Å²) in [7, 11) is 4.34. The molecule has 1 fully saturated rings. The van der Waals surface area contributed by atoms with Crippen molar-refractivity contribution in [3.05, 3.63) is 28.8 Å². The summed E-state index contributed by atoms with van der Waals surface area (Å²) in [5.74, 6) is -3.34. The summed E-state index contributed by atoms with van der Waals surface area (Å²) in [6, 6.07) is 6.63. The van der Waals surface area contributed by atoms with Gasteiger partial charge in [-0.1, -0.05) is 11.6 Å². The summed E-state index contributed by atoms with van der Waals surface area (Å²) < 4.78 is 5.70. The van der Waals surface area contributed by atoms with Crippen LogP contribution >= 0.6 is 11.6 Å². The first kappa shape index (κ1) is 33.1. The summed E-state index contributed by atoms with van der Waals surface area (Å²) in [5, 5.41) is 32.4. The fourth-order valence-corrected chi connectivity index (χ4v) is 3.43. The largest absolute Gasteiger partial charge is 0.494 e. The predicted molar refractivity (Wildman–Crippen MR) is 134 cm³/mol. The molecule has 0 aliphatic carbocycles. The number of likely N-dealkylation sites (tertiary alicyclic amines) is 1. The molecular weight excluding hydrogens is 496 g/mol. The maximum Gasteiger partial charge on any atom is 0.303 e. The molecular formula is C24H37ClN2O9. The van der Waals surface area contributed by atoms with Gasteiger partial charge >= 0.3 is 23.9 Å². The van der Waals surface area contributed by atoms with Crippen molar-refractivity contribution in [3.8, 4) is 5.75 Å². The van der Waals surface area contributed by atoms with E-state index in [0.29, 0.717) is 6.61 Å². The molecule has 0 radical (unpaired) electrons. The lowest BCUT2D eigenvalue weighted by Crippen LogP contribution is -2.41. The highest BCUT2D eigenvalue weighted by molar-refractivity contribution is 6.30. The number of hydrogen-bond donors (Lipinski definition) is 4. The van der Waals surface area contributed by atoms with Gasteiger partial charge in [0.2, 0.25) is 0 Å². The van der Waals surface area contributed by atoms with Crippen LogP contribution in [0.15, 0.2) is 18.2 Å². The van der Waals surface area contributed by atoms with Gasteiger partial charge in [-0.2, -0.15) is 0 Å². The third-order valence-corrected chi connectivity index (χ3v) is 5.34. The Labute approximate surface area is 216 Å². The van der Waals surface area contributed by atoms with Gasteiger partial charge in [-0.3, -0.25) is 24.1 Å². The number of benzene rings is 1. The number of aliphatic carboxylic acids is 4. The van der Waals surface area contributed by atoms with Crippen molar-refractivity contribution in [1.29, 1.82) is 0 Å². The normalized spacial score (nSPS) is 13.6. The van der Waals surface area contributed by atoms with Crippen LogP contribution in [0.1, 0.15) is 51.0 Å². The molecule has 0 aromatic heterocycles. The van der Waals surface area contributed by atoms with Crippen LogP contribution in [0, 0.1) is 0 Å². The van der Waals surface area contributed by atoms with Crippen LogP contribution in [0.4, 0.5) is 0 Å². The van der Waals surface area contributed by atoms with Crippen molar-refractivity contribution < 1.29 is 44.3 Å². The number of hydrogen-bond acceptors (Lipinski definition) is 7. The highest BCUT2D eigenvalue weighted by Gasteiger charge is 2.21. The molecule has 0 amide bonds. The third kappa shape index (κ3) is 16.7. The van der Waals surface area contributed by atoms with Crippen LogP contribution in [0.2, 0.25) is 5.02 Å². The monoisotopic (exact) mass is 532 g/mol. The van der Waals surface area contributed by atoms with Gasteiger partial charge in [-0.15, -0.1) is 0 Å². The van der Waals surface area contributed by atoms with E-state index in [-0.39, 0.29) is 25.7 Å². The molecule has 1 aromatic carbocycles. The average molecular weight is 533 g/mol. The standard InChI is InChI=1S/C16H25ClN2O.2C4H6O4/c1-4-20-16-6-5-14(17)11-13(16)12-19-9-7-15(8-10-19)18(2)3;2*5-3(6)1-2-4(7)8/h5-6,11,15H,4,7-10,12H2,1-3H3;2*1-2H2,(H,5,6)(H,7,8). The van der Waals surface area contributed by atoms with E-state index < -0.39 is 23.9 Å². The second-order valence-corrected chi connectivity index (χ2v) is 8.67. The first-order valence-electron chi connectivity index (χ1n) is 11.5. The van der Waals surface area contributed by atoms with Crippen LogP contribution in [0.3, 0.4) is 0 Å². The van der Waals surface area contributed by atoms with Crippen molar-refractivity contribution in [2.24, 2.45) is 0 Å². The van der Waals surface area contributed by atoms with Crippen molar-refractivity contribution in [2.45, 2.75) is 58.0 Å². The van der Waals surface area contributed by atoms with Gasteiger partial charge in [0.15, 0.2) is 0 Å². The number of nitrogens with zero attached hydrogens (tertiary/aromatic N) is 2. The fraction of sp³-hybridized carbons (Fsp3) is 0.583. The number of rotatable bonds is 11. The topological polar surface area (TPSA) is 165 Å². The lowest BCUT2D eigenvalue weighted by molar-refractivity contribution is -0.143. The smallest absolute Gasteiger partial charge is 0.303 e. The molecule has 0 atom stereocenters. The van der Waals surface area contributed by atoms with E-state index in [1.165, 1.54) is 18.4 Å². The minimum atomic E-state index is -1.08. The zero-order valence-electron chi connectivity index (χ0n) is 21.0. The van der Waals surface area contributed by atoms with E-state index >= 15 is 0 Å². The number of carboxylic acid groups (broad SMARTS) is 4. The molecule has 0 spiro atoms. The number of ether oxygens (including phenoxy) is 1.